The number of carbonyl (C=O) groups excluding carboxylic acids is 1. The van der Waals surface area contributed by atoms with Crippen molar-refractivity contribution >= 4 is 34.8 Å². The van der Waals surface area contributed by atoms with Gasteiger partial charge in [0, 0.05) is 13.2 Å². The van der Waals surface area contributed by atoms with Crippen LogP contribution in [0.1, 0.15) is 10.4 Å². The van der Waals surface area contributed by atoms with E-state index < -0.39 is 0 Å². The number of rotatable bonds is 1. The maximum absolute atomic E-state index is 11.5. The molecule has 0 saturated carbocycles. The Bertz CT molecular complexity index is 369. The summed E-state index contributed by atoms with van der Waals surface area (Å²) in [5.41, 5.74) is 0.298. The van der Waals surface area contributed by atoms with E-state index in [1.165, 1.54) is 6.20 Å². The molecule has 0 aliphatic rings. The molecule has 1 heterocycles. The SMILES string of the molecule is CNC(=S)NC(=O)c1cccnc1Cl. The zero-order valence-electron chi connectivity index (χ0n) is 7.37. The number of carbonyl (C=O) groups is 1. The fraction of sp³-hybridized carbons (Fsp3) is 0.125. The highest BCUT2D eigenvalue weighted by atomic mass is 35.5. The number of pyridine rings is 1. The van der Waals surface area contributed by atoms with Gasteiger partial charge in [-0.05, 0) is 24.4 Å². The van der Waals surface area contributed by atoms with E-state index in [9.17, 15) is 4.79 Å². The number of halogens is 1. The first kappa shape index (κ1) is 10.9. The van der Waals surface area contributed by atoms with Crippen LogP contribution in [0.5, 0.6) is 0 Å². The van der Waals surface area contributed by atoms with Gasteiger partial charge in [0.15, 0.2) is 5.11 Å². The second kappa shape index (κ2) is 4.88. The van der Waals surface area contributed by atoms with Gasteiger partial charge in [-0.25, -0.2) is 4.98 Å². The highest BCUT2D eigenvalue weighted by Gasteiger charge is 2.10. The summed E-state index contributed by atoms with van der Waals surface area (Å²) < 4.78 is 0. The Balaban J connectivity index is 2.80. The molecule has 6 heteroatoms. The Hall–Kier alpha value is -1.20. The largest absolute Gasteiger partial charge is 0.365 e. The van der Waals surface area contributed by atoms with Gasteiger partial charge in [0.25, 0.3) is 5.91 Å². The smallest absolute Gasteiger partial charge is 0.260 e. The van der Waals surface area contributed by atoms with E-state index in [0.29, 0.717) is 5.56 Å². The van der Waals surface area contributed by atoms with Gasteiger partial charge in [-0.1, -0.05) is 11.6 Å². The second-order valence-corrected chi connectivity index (χ2v) is 3.14. The maximum Gasteiger partial charge on any atom is 0.260 e. The molecule has 4 nitrogen and oxygen atoms in total. The lowest BCUT2D eigenvalue weighted by atomic mass is 10.3. The minimum absolute atomic E-state index is 0.156. The van der Waals surface area contributed by atoms with Crippen LogP contribution in [0.2, 0.25) is 5.15 Å². The van der Waals surface area contributed by atoms with Crippen molar-refractivity contribution in [1.29, 1.82) is 0 Å². The average molecular weight is 230 g/mol. The van der Waals surface area contributed by atoms with Gasteiger partial charge in [-0.2, -0.15) is 0 Å². The van der Waals surface area contributed by atoms with Gasteiger partial charge in [0.1, 0.15) is 5.15 Å². The molecule has 0 saturated heterocycles. The number of thiocarbonyl (C=S) groups is 1. The van der Waals surface area contributed by atoms with Crippen molar-refractivity contribution in [2.75, 3.05) is 7.05 Å². The average Bonchev–Trinajstić information content (AvgIpc) is 2.18. The van der Waals surface area contributed by atoms with Gasteiger partial charge in [-0.15, -0.1) is 0 Å². The lowest BCUT2D eigenvalue weighted by Gasteiger charge is -2.05. The molecule has 0 fully saturated rings. The Kier molecular flexibility index (Phi) is 3.79. The molecule has 74 valence electrons. The van der Waals surface area contributed by atoms with Crippen molar-refractivity contribution in [3.8, 4) is 0 Å². The Labute approximate surface area is 91.7 Å². The summed E-state index contributed by atoms with van der Waals surface area (Å²) in [5.74, 6) is -0.373. The quantitative estimate of drug-likeness (QED) is 0.557. The normalized spacial score (nSPS) is 9.29. The monoisotopic (exact) mass is 229 g/mol. The summed E-state index contributed by atoms with van der Waals surface area (Å²) >= 11 is 10.5. The van der Waals surface area contributed by atoms with Crippen molar-refractivity contribution in [1.82, 2.24) is 15.6 Å². The molecule has 0 radical (unpaired) electrons. The van der Waals surface area contributed by atoms with Crippen LogP contribution in [-0.2, 0) is 0 Å². The highest BCUT2D eigenvalue weighted by Crippen LogP contribution is 2.10. The van der Waals surface area contributed by atoms with Gasteiger partial charge >= 0.3 is 0 Å². The molecule has 0 unspecified atom stereocenters. The minimum Gasteiger partial charge on any atom is -0.365 e. The van der Waals surface area contributed by atoms with Crippen LogP contribution in [0.25, 0.3) is 0 Å². The number of aromatic nitrogens is 1. The van der Waals surface area contributed by atoms with Crippen molar-refractivity contribution in [3.63, 3.8) is 0 Å². The molecule has 1 rings (SSSR count). The number of hydrogen-bond donors (Lipinski definition) is 2. The fourth-order valence-electron chi connectivity index (χ4n) is 0.788. The van der Waals surface area contributed by atoms with Crippen LogP contribution in [0.15, 0.2) is 18.3 Å². The molecule has 0 aliphatic heterocycles. The zero-order valence-corrected chi connectivity index (χ0v) is 8.95. The molecule has 0 aliphatic carbocycles. The number of amides is 1. The second-order valence-electron chi connectivity index (χ2n) is 2.38. The Morgan fingerprint density at radius 1 is 1.64 bits per heavy atom. The summed E-state index contributed by atoms with van der Waals surface area (Å²) in [6.07, 6.45) is 1.51. The minimum atomic E-state index is -0.373. The van der Waals surface area contributed by atoms with Gasteiger partial charge in [0.2, 0.25) is 0 Å². The number of nitrogens with one attached hydrogen (secondary N) is 2. The summed E-state index contributed by atoms with van der Waals surface area (Å²) in [4.78, 5) is 15.2. The lowest BCUT2D eigenvalue weighted by molar-refractivity contribution is 0.0976. The van der Waals surface area contributed by atoms with Crippen LogP contribution < -0.4 is 10.6 Å². The fourth-order valence-corrected chi connectivity index (χ4v) is 1.09. The van der Waals surface area contributed by atoms with E-state index in [1.807, 2.05) is 0 Å². The summed E-state index contributed by atoms with van der Waals surface area (Å²) in [6.45, 7) is 0. The van der Waals surface area contributed by atoms with E-state index in [-0.39, 0.29) is 16.2 Å². The Morgan fingerprint density at radius 2 is 2.36 bits per heavy atom. The Morgan fingerprint density at radius 3 is 2.93 bits per heavy atom. The number of nitrogens with zero attached hydrogens (tertiary/aromatic N) is 1. The summed E-state index contributed by atoms with van der Waals surface area (Å²) in [6, 6.07) is 3.20. The van der Waals surface area contributed by atoms with Crippen molar-refractivity contribution in [2.24, 2.45) is 0 Å². The van der Waals surface area contributed by atoms with E-state index in [4.69, 9.17) is 23.8 Å². The molecule has 0 spiro atoms. The standard InChI is InChI=1S/C8H8ClN3OS/c1-10-8(14)12-7(13)5-3-2-4-11-6(5)9/h2-4H,1H3,(H2,10,12,13,14). The van der Waals surface area contributed by atoms with Crippen LogP contribution >= 0.6 is 23.8 Å². The summed E-state index contributed by atoms with van der Waals surface area (Å²) in [5, 5.41) is 5.47. The van der Waals surface area contributed by atoms with E-state index in [2.05, 4.69) is 15.6 Å². The van der Waals surface area contributed by atoms with Crippen LogP contribution in [0, 0.1) is 0 Å². The molecule has 1 aromatic heterocycles. The molecular weight excluding hydrogens is 222 g/mol. The van der Waals surface area contributed by atoms with Gasteiger partial charge in [0.05, 0.1) is 5.56 Å². The predicted octanol–water partition coefficient (Wildman–Crippen LogP) is 0.969. The third kappa shape index (κ3) is 2.65. The zero-order chi connectivity index (χ0) is 10.6. The van der Waals surface area contributed by atoms with E-state index >= 15 is 0 Å². The third-order valence-electron chi connectivity index (χ3n) is 1.46. The third-order valence-corrected chi connectivity index (χ3v) is 2.07. The first-order valence-electron chi connectivity index (χ1n) is 3.78. The van der Waals surface area contributed by atoms with Crippen molar-refractivity contribution in [2.45, 2.75) is 0 Å². The van der Waals surface area contributed by atoms with Crippen molar-refractivity contribution in [3.05, 3.63) is 29.0 Å². The molecule has 2 N–H and O–H groups in total. The number of hydrogen-bond acceptors (Lipinski definition) is 3. The van der Waals surface area contributed by atoms with E-state index in [0.717, 1.165) is 0 Å². The first-order valence-corrected chi connectivity index (χ1v) is 4.57. The van der Waals surface area contributed by atoms with Crippen LogP contribution in [-0.4, -0.2) is 23.1 Å². The van der Waals surface area contributed by atoms with Crippen LogP contribution in [0.3, 0.4) is 0 Å². The lowest BCUT2D eigenvalue weighted by Crippen LogP contribution is -2.37. The highest BCUT2D eigenvalue weighted by molar-refractivity contribution is 7.80. The topological polar surface area (TPSA) is 54.0 Å². The molecule has 1 aromatic rings. The molecule has 0 aromatic carbocycles. The molecule has 0 bridgehead atoms. The molecule has 0 atom stereocenters. The van der Waals surface area contributed by atoms with E-state index in [1.54, 1.807) is 19.2 Å². The van der Waals surface area contributed by atoms with Gasteiger partial charge in [-0.3, -0.25) is 10.1 Å². The maximum atomic E-state index is 11.5. The molecule has 14 heavy (non-hydrogen) atoms. The van der Waals surface area contributed by atoms with Gasteiger partial charge < -0.3 is 5.32 Å². The van der Waals surface area contributed by atoms with Crippen LogP contribution in [0.4, 0.5) is 0 Å². The first-order chi connectivity index (χ1) is 6.65. The predicted molar refractivity (Wildman–Crippen MR) is 58.4 cm³/mol. The molecular formula is C8H8ClN3OS. The van der Waals surface area contributed by atoms with Crippen molar-refractivity contribution < 1.29 is 4.79 Å². The molecule has 1 amide bonds. The summed E-state index contributed by atoms with van der Waals surface area (Å²) in [7, 11) is 1.62.